The zero-order chi connectivity index (χ0) is 16.2. The number of nitrogens with two attached hydrogens (primary N) is 1. The lowest BCUT2D eigenvalue weighted by atomic mass is 10.2. The quantitative estimate of drug-likeness (QED) is 0.485. The highest BCUT2D eigenvalue weighted by molar-refractivity contribution is 8.00. The van der Waals surface area contributed by atoms with E-state index in [9.17, 15) is 4.79 Å². The molecule has 0 radical (unpaired) electrons. The summed E-state index contributed by atoms with van der Waals surface area (Å²) in [6.07, 6.45) is 2.64. The van der Waals surface area contributed by atoms with E-state index in [-0.39, 0.29) is 11.2 Å². The van der Waals surface area contributed by atoms with Gasteiger partial charge in [-0.15, -0.1) is 11.8 Å². The summed E-state index contributed by atoms with van der Waals surface area (Å²) in [5.41, 5.74) is 8.33. The molecule has 0 bridgehead atoms. The zero-order valence-corrected chi connectivity index (χ0v) is 13.7. The predicted molar refractivity (Wildman–Crippen MR) is 97.7 cm³/mol. The van der Waals surface area contributed by atoms with Gasteiger partial charge in [0.05, 0.1) is 5.25 Å². The molecule has 4 nitrogen and oxygen atoms in total. The topological polar surface area (TPSA) is 70.9 Å². The third-order valence-corrected chi connectivity index (χ3v) is 4.98. The molecule has 3 rings (SSSR count). The Hall–Kier alpha value is -2.40. The van der Waals surface area contributed by atoms with Crippen molar-refractivity contribution in [2.45, 2.75) is 23.5 Å². The van der Waals surface area contributed by atoms with Gasteiger partial charge in [-0.25, -0.2) is 0 Å². The van der Waals surface area contributed by atoms with Crippen LogP contribution in [-0.4, -0.2) is 16.1 Å². The molecular formula is C18H19N3OS. The van der Waals surface area contributed by atoms with Crippen LogP contribution in [0.4, 0.5) is 11.4 Å². The number of rotatable bonds is 5. The lowest BCUT2D eigenvalue weighted by Crippen LogP contribution is -2.24. The van der Waals surface area contributed by atoms with Crippen LogP contribution in [0.2, 0.25) is 0 Å². The summed E-state index contributed by atoms with van der Waals surface area (Å²) in [6, 6.07) is 15.5. The number of aromatic amines is 1. The summed E-state index contributed by atoms with van der Waals surface area (Å²) in [4.78, 5) is 16.7. The Bertz CT molecular complexity index is 828. The first kappa shape index (κ1) is 15.5. The minimum Gasteiger partial charge on any atom is -0.399 e. The molecule has 0 aliphatic rings. The number of hydrogen-bond donors (Lipinski definition) is 3. The molecule has 1 atom stereocenters. The minimum absolute atomic E-state index is 0.00540. The largest absolute Gasteiger partial charge is 0.399 e. The van der Waals surface area contributed by atoms with Gasteiger partial charge in [0, 0.05) is 28.0 Å². The number of anilines is 2. The van der Waals surface area contributed by atoms with E-state index in [1.807, 2.05) is 61.7 Å². The second-order valence-corrected chi connectivity index (χ2v) is 6.63. The Labute approximate surface area is 139 Å². The molecule has 0 saturated heterocycles. The zero-order valence-electron chi connectivity index (χ0n) is 12.9. The molecular weight excluding hydrogens is 306 g/mol. The van der Waals surface area contributed by atoms with E-state index in [1.165, 1.54) is 11.8 Å². The Balaban J connectivity index is 1.71. The molecule has 0 aliphatic heterocycles. The van der Waals surface area contributed by atoms with Gasteiger partial charge in [-0.2, -0.15) is 0 Å². The van der Waals surface area contributed by atoms with E-state index in [1.54, 1.807) is 0 Å². The van der Waals surface area contributed by atoms with E-state index < -0.39 is 0 Å². The van der Waals surface area contributed by atoms with Gasteiger partial charge in [0.25, 0.3) is 0 Å². The first-order valence-corrected chi connectivity index (χ1v) is 8.44. The van der Waals surface area contributed by atoms with Gasteiger partial charge in [-0.05, 0) is 48.2 Å². The number of hydrogen-bond acceptors (Lipinski definition) is 3. The van der Waals surface area contributed by atoms with E-state index in [4.69, 9.17) is 5.73 Å². The standard InChI is InChI=1S/C18H19N3OS/c1-2-17(23-15-5-3-4-13(19)10-15)18(22)21-14-7-6-12-8-9-20-16(12)11-14/h3-11,17,20H,2,19H2,1H3,(H,21,22). The lowest BCUT2D eigenvalue weighted by Gasteiger charge is -2.15. The van der Waals surface area contributed by atoms with Crippen molar-refractivity contribution in [1.29, 1.82) is 0 Å². The number of fused-ring (bicyclic) bond motifs is 1. The Kier molecular flexibility index (Phi) is 4.57. The average molecular weight is 325 g/mol. The molecule has 0 fully saturated rings. The minimum atomic E-state index is -0.156. The monoisotopic (exact) mass is 325 g/mol. The number of H-pyrrole nitrogens is 1. The van der Waals surface area contributed by atoms with Crippen LogP contribution in [0.3, 0.4) is 0 Å². The van der Waals surface area contributed by atoms with Crippen LogP contribution >= 0.6 is 11.8 Å². The van der Waals surface area contributed by atoms with Crippen molar-refractivity contribution in [3.05, 3.63) is 54.7 Å². The Morgan fingerprint density at radius 1 is 1.26 bits per heavy atom. The molecule has 1 amide bonds. The fraction of sp³-hybridized carbons (Fsp3) is 0.167. The van der Waals surface area contributed by atoms with Gasteiger partial charge >= 0.3 is 0 Å². The number of benzene rings is 2. The predicted octanol–water partition coefficient (Wildman–Crippen LogP) is 4.26. The van der Waals surface area contributed by atoms with Crippen LogP contribution in [0.5, 0.6) is 0 Å². The summed E-state index contributed by atoms with van der Waals surface area (Å²) in [5, 5.41) is 3.97. The molecule has 0 saturated carbocycles. The summed E-state index contributed by atoms with van der Waals surface area (Å²) >= 11 is 1.54. The summed E-state index contributed by atoms with van der Waals surface area (Å²) < 4.78 is 0. The van der Waals surface area contributed by atoms with Crippen molar-refractivity contribution in [2.75, 3.05) is 11.1 Å². The van der Waals surface area contributed by atoms with Crippen molar-refractivity contribution in [2.24, 2.45) is 0 Å². The molecule has 3 aromatic rings. The third kappa shape index (κ3) is 3.68. The maximum Gasteiger partial charge on any atom is 0.237 e. The molecule has 2 aromatic carbocycles. The van der Waals surface area contributed by atoms with Gasteiger partial charge in [-0.1, -0.05) is 19.1 Å². The van der Waals surface area contributed by atoms with E-state index in [0.29, 0.717) is 5.69 Å². The maximum atomic E-state index is 12.5. The molecule has 5 heteroatoms. The normalized spacial score (nSPS) is 12.2. The van der Waals surface area contributed by atoms with Crippen molar-refractivity contribution in [3.8, 4) is 0 Å². The first-order valence-electron chi connectivity index (χ1n) is 7.56. The van der Waals surface area contributed by atoms with E-state index in [0.717, 1.165) is 27.9 Å². The molecule has 1 aromatic heterocycles. The van der Waals surface area contributed by atoms with Crippen molar-refractivity contribution in [3.63, 3.8) is 0 Å². The van der Waals surface area contributed by atoms with Gasteiger partial charge in [0.1, 0.15) is 0 Å². The average Bonchev–Trinajstić information content (AvgIpc) is 3.00. The van der Waals surface area contributed by atoms with Crippen LogP contribution in [-0.2, 0) is 4.79 Å². The van der Waals surface area contributed by atoms with Crippen molar-refractivity contribution in [1.82, 2.24) is 4.98 Å². The van der Waals surface area contributed by atoms with E-state index in [2.05, 4.69) is 10.3 Å². The van der Waals surface area contributed by atoms with E-state index >= 15 is 0 Å². The number of carbonyl (C=O) groups excluding carboxylic acids is 1. The lowest BCUT2D eigenvalue weighted by molar-refractivity contribution is -0.115. The first-order chi connectivity index (χ1) is 11.2. The number of thioether (sulfide) groups is 1. The number of amides is 1. The summed E-state index contributed by atoms with van der Waals surface area (Å²) in [6.45, 7) is 2.01. The summed E-state index contributed by atoms with van der Waals surface area (Å²) in [5.74, 6) is 0.00540. The number of nitrogens with one attached hydrogen (secondary N) is 2. The maximum absolute atomic E-state index is 12.5. The fourth-order valence-electron chi connectivity index (χ4n) is 2.42. The molecule has 1 heterocycles. The highest BCUT2D eigenvalue weighted by atomic mass is 32.2. The van der Waals surface area contributed by atoms with Crippen molar-refractivity contribution >= 4 is 39.9 Å². The Morgan fingerprint density at radius 2 is 2.13 bits per heavy atom. The Morgan fingerprint density at radius 3 is 2.91 bits per heavy atom. The second kappa shape index (κ2) is 6.79. The number of nitrogen functional groups attached to an aromatic ring is 1. The second-order valence-electron chi connectivity index (χ2n) is 5.36. The number of carbonyl (C=O) groups is 1. The number of aromatic nitrogens is 1. The molecule has 23 heavy (non-hydrogen) atoms. The van der Waals surface area contributed by atoms with Crippen LogP contribution in [0.15, 0.2) is 59.6 Å². The van der Waals surface area contributed by atoms with Gasteiger partial charge in [-0.3, -0.25) is 4.79 Å². The van der Waals surface area contributed by atoms with Gasteiger partial charge in [0.15, 0.2) is 0 Å². The molecule has 0 spiro atoms. The molecule has 4 N–H and O–H groups in total. The molecule has 118 valence electrons. The summed E-state index contributed by atoms with van der Waals surface area (Å²) in [7, 11) is 0. The fourth-order valence-corrected chi connectivity index (χ4v) is 3.45. The van der Waals surface area contributed by atoms with Gasteiger partial charge < -0.3 is 16.0 Å². The van der Waals surface area contributed by atoms with Gasteiger partial charge in [0.2, 0.25) is 5.91 Å². The highest BCUT2D eigenvalue weighted by Gasteiger charge is 2.18. The molecule has 1 unspecified atom stereocenters. The van der Waals surface area contributed by atoms with Crippen LogP contribution in [0.25, 0.3) is 10.9 Å². The molecule has 0 aliphatic carbocycles. The van der Waals surface area contributed by atoms with Crippen LogP contribution in [0.1, 0.15) is 13.3 Å². The SMILES string of the molecule is CCC(Sc1cccc(N)c1)C(=O)Nc1ccc2cc[nH]c2c1. The van der Waals surface area contributed by atoms with Crippen molar-refractivity contribution < 1.29 is 4.79 Å². The third-order valence-electron chi connectivity index (χ3n) is 3.62. The highest BCUT2D eigenvalue weighted by Crippen LogP contribution is 2.28. The smallest absolute Gasteiger partial charge is 0.237 e. The van der Waals surface area contributed by atoms with Crippen LogP contribution in [0, 0.1) is 0 Å². The van der Waals surface area contributed by atoms with Crippen LogP contribution < -0.4 is 11.1 Å².